The number of nitrogens with zero attached hydrogens (tertiary/aromatic N) is 1. The average Bonchev–Trinajstić information content (AvgIpc) is 2.15. The zero-order chi connectivity index (χ0) is 12.5. The summed E-state index contributed by atoms with van der Waals surface area (Å²) < 4.78 is 62.1. The first kappa shape index (κ1) is 13.3. The van der Waals surface area contributed by atoms with Gasteiger partial charge in [-0.25, -0.2) is 8.78 Å². The standard InChI is InChI=1S/C8H5BrF5NO/c9-3-1-15-4(2-16)6(8(12,13)14)5(3)7(10)11/h1,7,16H,2H2. The highest BCUT2D eigenvalue weighted by Gasteiger charge is 2.40. The summed E-state index contributed by atoms with van der Waals surface area (Å²) in [7, 11) is 0. The summed E-state index contributed by atoms with van der Waals surface area (Å²) in [4.78, 5) is 3.26. The number of hydrogen-bond acceptors (Lipinski definition) is 2. The molecular weight excluding hydrogens is 301 g/mol. The molecule has 0 spiro atoms. The van der Waals surface area contributed by atoms with Crippen LogP contribution in [0.1, 0.15) is 23.2 Å². The molecule has 1 aromatic heterocycles. The molecule has 0 radical (unpaired) electrons. The molecule has 0 saturated heterocycles. The lowest BCUT2D eigenvalue weighted by molar-refractivity contribution is -0.141. The first-order valence-corrected chi connectivity index (χ1v) is 4.71. The van der Waals surface area contributed by atoms with Crippen LogP contribution in [-0.4, -0.2) is 10.1 Å². The molecule has 0 aliphatic carbocycles. The van der Waals surface area contributed by atoms with Crippen molar-refractivity contribution in [1.82, 2.24) is 4.98 Å². The molecule has 0 unspecified atom stereocenters. The topological polar surface area (TPSA) is 33.1 Å². The van der Waals surface area contributed by atoms with Crippen molar-refractivity contribution < 1.29 is 27.1 Å². The number of hydrogen-bond donors (Lipinski definition) is 1. The Morgan fingerprint density at radius 3 is 2.31 bits per heavy atom. The Morgan fingerprint density at radius 1 is 1.38 bits per heavy atom. The molecule has 0 atom stereocenters. The molecule has 8 heteroatoms. The van der Waals surface area contributed by atoms with E-state index in [1.165, 1.54) is 0 Å². The largest absolute Gasteiger partial charge is 0.418 e. The van der Waals surface area contributed by atoms with Gasteiger partial charge in [0, 0.05) is 16.2 Å². The lowest BCUT2D eigenvalue weighted by atomic mass is 10.1. The fourth-order valence-corrected chi connectivity index (χ4v) is 1.67. The minimum atomic E-state index is -4.99. The van der Waals surface area contributed by atoms with Crippen LogP contribution in [0.3, 0.4) is 0 Å². The molecule has 0 aliphatic heterocycles. The van der Waals surface area contributed by atoms with Crippen molar-refractivity contribution in [2.75, 3.05) is 0 Å². The first-order valence-electron chi connectivity index (χ1n) is 3.92. The maximum Gasteiger partial charge on any atom is 0.418 e. The van der Waals surface area contributed by atoms with Crippen molar-refractivity contribution in [3.05, 3.63) is 27.5 Å². The summed E-state index contributed by atoms with van der Waals surface area (Å²) in [6.45, 7) is -1.05. The van der Waals surface area contributed by atoms with Gasteiger partial charge < -0.3 is 5.11 Å². The zero-order valence-electron chi connectivity index (χ0n) is 7.52. The summed E-state index contributed by atoms with van der Waals surface area (Å²) in [5, 5.41) is 8.66. The van der Waals surface area contributed by atoms with E-state index in [1.54, 1.807) is 0 Å². The molecule has 1 N–H and O–H groups in total. The van der Waals surface area contributed by atoms with Crippen molar-refractivity contribution >= 4 is 15.9 Å². The van der Waals surface area contributed by atoms with Gasteiger partial charge in [0.15, 0.2) is 0 Å². The third kappa shape index (κ3) is 2.49. The Balaban J connectivity index is 3.56. The van der Waals surface area contributed by atoms with Gasteiger partial charge in [-0.15, -0.1) is 0 Å². The van der Waals surface area contributed by atoms with Crippen LogP contribution in [-0.2, 0) is 12.8 Å². The number of rotatable bonds is 2. The van der Waals surface area contributed by atoms with Gasteiger partial charge >= 0.3 is 6.18 Å². The molecule has 1 aromatic rings. The fourth-order valence-electron chi connectivity index (χ4n) is 1.19. The number of pyridine rings is 1. The summed E-state index contributed by atoms with van der Waals surface area (Å²) in [5.41, 5.74) is -3.60. The van der Waals surface area contributed by atoms with E-state index in [1.807, 2.05) is 0 Å². The quantitative estimate of drug-likeness (QED) is 0.851. The molecule has 0 bridgehead atoms. The third-order valence-electron chi connectivity index (χ3n) is 1.80. The van der Waals surface area contributed by atoms with Crippen molar-refractivity contribution in [1.29, 1.82) is 0 Å². The Morgan fingerprint density at radius 2 is 1.94 bits per heavy atom. The van der Waals surface area contributed by atoms with Gasteiger partial charge in [-0.3, -0.25) is 4.98 Å². The normalized spacial score (nSPS) is 12.2. The van der Waals surface area contributed by atoms with E-state index in [2.05, 4.69) is 20.9 Å². The zero-order valence-corrected chi connectivity index (χ0v) is 9.11. The first-order chi connectivity index (χ1) is 7.29. The molecule has 16 heavy (non-hydrogen) atoms. The highest BCUT2D eigenvalue weighted by atomic mass is 79.9. The molecule has 1 rings (SSSR count). The van der Waals surface area contributed by atoms with Crippen LogP contribution in [0.15, 0.2) is 10.7 Å². The molecule has 90 valence electrons. The summed E-state index contributed by atoms with van der Waals surface area (Å²) in [6, 6.07) is 0. The average molecular weight is 306 g/mol. The third-order valence-corrected chi connectivity index (χ3v) is 2.43. The second-order valence-corrected chi connectivity index (χ2v) is 3.65. The van der Waals surface area contributed by atoms with Gasteiger partial charge in [-0.2, -0.15) is 13.2 Å². The van der Waals surface area contributed by atoms with Gasteiger partial charge in [-0.05, 0) is 15.9 Å². The summed E-state index contributed by atoms with van der Waals surface area (Å²) in [6.07, 6.45) is -7.48. The smallest absolute Gasteiger partial charge is 0.390 e. The minimum Gasteiger partial charge on any atom is -0.390 e. The van der Waals surface area contributed by atoms with Crippen LogP contribution < -0.4 is 0 Å². The SMILES string of the molecule is OCc1ncc(Br)c(C(F)F)c1C(F)(F)F. The van der Waals surface area contributed by atoms with E-state index in [0.717, 1.165) is 6.20 Å². The Hall–Kier alpha value is -0.760. The van der Waals surface area contributed by atoms with E-state index < -0.39 is 40.5 Å². The van der Waals surface area contributed by atoms with Crippen LogP contribution in [0.25, 0.3) is 0 Å². The molecule has 0 aliphatic rings. The lowest BCUT2D eigenvalue weighted by Gasteiger charge is -2.16. The molecule has 1 heterocycles. The molecule has 2 nitrogen and oxygen atoms in total. The second-order valence-electron chi connectivity index (χ2n) is 2.80. The van der Waals surface area contributed by atoms with Crippen molar-refractivity contribution in [3.8, 4) is 0 Å². The van der Waals surface area contributed by atoms with Gasteiger partial charge in [0.1, 0.15) is 0 Å². The number of halogens is 6. The van der Waals surface area contributed by atoms with Crippen LogP contribution in [0, 0.1) is 0 Å². The van der Waals surface area contributed by atoms with E-state index in [0.29, 0.717) is 0 Å². The monoisotopic (exact) mass is 305 g/mol. The maximum absolute atomic E-state index is 12.5. The lowest BCUT2D eigenvalue weighted by Crippen LogP contribution is -2.15. The highest BCUT2D eigenvalue weighted by Crippen LogP contribution is 2.41. The van der Waals surface area contributed by atoms with E-state index in [4.69, 9.17) is 5.11 Å². The van der Waals surface area contributed by atoms with Gasteiger partial charge in [0.05, 0.1) is 17.9 Å². The number of aliphatic hydroxyl groups excluding tert-OH is 1. The molecule has 0 amide bonds. The maximum atomic E-state index is 12.5. The molecule has 0 fully saturated rings. The van der Waals surface area contributed by atoms with Crippen molar-refractivity contribution in [3.63, 3.8) is 0 Å². The fraction of sp³-hybridized carbons (Fsp3) is 0.375. The Labute approximate surface area is 95.2 Å². The highest BCUT2D eigenvalue weighted by molar-refractivity contribution is 9.10. The molecular formula is C8H5BrF5NO. The number of aliphatic hydroxyl groups is 1. The number of aromatic nitrogens is 1. The van der Waals surface area contributed by atoms with Crippen LogP contribution >= 0.6 is 15.9 Å². The van der Waals surface area contributed by atoms with Gasteiger partial charge in [0.25, 0.3) is 6.43 Å². The van der Waals surface area contributed by atoms with Crippen molar-refractivity contribution in [2.24, 2.45) is 0 Å². The van der Waals surface area contributed by atoms with E-state index in [-0.39, 0.29) is 0 Å². The number of alkyl halides is 5. The van der Waals surface area contributed by atoms with Crippen LogP contribution in [0.4, 0.5) is 22.0 Å². The second kappa shape index (κ2) is 4.62. The van der Waals surface area contributed by atoms with Crippen molar-refractivity contribution in [2.45, 2.75) is 19.2 Å². The van der Waals surface area contributed by atoms with Crippen LogP contribution in [0.2, 0.25) is 0 Å². The summed E-state index contributed by atoms with van der Waals surface area (Å²) in [5.74, 6) is 0. The minimum absolute atomic E-state index is 0.438. The summed E-state index contributed by atoms with van der Waals surface area (Å²) >= 11 is 2.58. The van der Waals surface area contributed by atoms with E-state index >= 15 is 0 Å². The van der Waals surface area contributed by atoms with Gasteiger partial charge in [0.2, 0.25) is 0 Å². The predicted molar refractivity (Wildman–Crippen MR) is 47.8 cm³/mol. The van der Waals surface area contributed by atoms with E-state index in [9.17, 15) is 22.0 Å². The Kier molecular flexibility index (Phi) is 3.84. The van der Waals surface area contributed by atoms with Crippen LogP contribution in [0.5, 0.6) is 0 Å². The molecule has 0 aromatic carbocycles. The molecule has 0 saturated carbocycles. The van der Waals surface area contributed by atoms with Gasteiger partial charge in [-0.1, -0.05) is 0 Å². The predicted octanol–water partition coefficient (Wildman–Crippen LogP) is 3.29. The Bertz CT molecular complexity index is 393.